The molecule has 0 bridgehead atoms. The number of aryl methyl sites for hydroxylation is 2. The molecule has 0 aromatic heterocycles. The fourth-order valence-electron chi connectivity index (χ4n) is 2.24. The Kier molecular flexibility index (Phi) is 3.66. The zero-order valence-corrected chi connectivity index (χ0v) is 11.6. The van der Waals surface area contributed by atoms with E-state index in [2.05, 4.69) is 62.4 Å². The van der Waals surface area contributed by atoms with Gasteiger partial charge in [0, 0.05) is 0 Å². The van der Waals surface area contributed by atoms with Gasteiger partial charge in [-0.1, -0.05) is 61.4 Å². The van der Waals surface area contributed by atoms with E-state index in [1.165, 1.54) is 32.7 Å². The topological polar surface area (TPSA) is 0 Å². The summed E-state index contributed by atoms with van der Waals surface area (Å²) in [4.78, 5) is 0. The Bertz CT molecular complexity index is 621. The summed E-state index contributed by atoms with van der Waals surface area (Å²) in [5.41, 5.74) is 2.64. The third-order valence-corrected chi connectivity index (χ3v) is 3.11. The van der Waals surface area contributed by atoms with Crippen LogP contribution in [0.15, 0.2) is 48.5 Å². The van der Waals surface area contributed by atoms with Gasteiger partial charge in [-0.3, -0.25) is 0 Å². The van der Waals surface area contributed by atoms with Gasteiger partial charge in [0.1, 0.15) is 0 Å². The van der Waals surface area contributed by atoms with E-state index < -0.39 is 0 Å². The molecule has 92 valence electrons. The van der Waals surface area contributed by atoms with Crippen molar-refractivity contribution in [1.82, 2.24) is 0 Å². The maximum atomic E-state index is 2.28. The fourth-order valence-corrected chi connectivity index (χ4v) is 2.24. The van der Waals surface area contributed by atoms with E-state index in [0.717, 1.165) is 0 Å². The Balaban J connectivity index is 0.000000574. The van der Waals surface area contributed by atoms with Gasteiger partial charge in [-0.2, -0.15) is 0 Å². The van der Waals surface area contributed by atoms with Gasteiger partial charge < -0.3 is 0 Å². The highest BCUT2D eigenvalue weighted by atomic mass is 14.0. The van der Waals surface area contributed by atoms with Crippen LogP contribution in [0.5, 0.6) is 0 Å². The third-order valence-electron chi connectivity index (χ3n) is 3.11. The largest absolute Gasteiger partial charge is 0.0683 e. The molecule has 0 heterocycles. The number of rotatable bonds is 0. The molecule has 3 rings (SSSR count). The van der Waals surface area contributed by atoms with Crippen LogP contribution in [0.2, 0.25) is 0 Å². The van der Waals surface area contributed by atoms with Gasteiger partial charge in [-0.15, -0.1) is 0 Å². The maximum absolute atomic E-state index is 2.28. The van der Waals surface area contributed by atoms with Gasteiger partial charge in [-0.25, -0.2) is 0 Å². The lowest BCUT2D eigenvalue weighted by Crippen LogP contribution is -1.79. The third kappa shape index (κ3) is 2.38. The fraction of sp³-hybridized carbons (Fsp3) is 0.222. The first-order chi connectivity index (χ1) is 8.72. The lowest BCUT2D eigenvalue weighted by molar-refractivity contribution is 1.50. The summed E-state index contributed by atoms with van der Waals surface area (Å²) in [5.74, 6) is 0. The molecule has 3 aromatic carbocycles. The molecule has 18 heavy (non-hydrogen) atoms. The van der Waals surface area contributed by atoms with Crippen LogP contribution in [-0.4, -0.2) is 0 Å². The van der Waals surface area contributed by atoms with Gasteiger partial charge >= 0.3 is 0 Å². The standard InChI is InChI=1S/C16H14.C2H6/c1-11-3-5-13-9-14-6-4-12(2)8-16(14)10-15(13)7-11;1-2/h3-10H,1-2H3;1-2H3. The van der Waals surface area contributed by atoms with Crippen molar-refractivity contribution in [2.75, 3.05) is 0 Å². The molecule has 0 aliphatic carbocycles. The number of fused-ring (bicyclic) bond motifs is 2. The molecule has 0 aliphatic heterocycles. The first-order valence-electron chi connectivity index (χ1n) is 6.63. The van der Waals surface area contributed by atoms with Crippen molar-refractivity contribution in [2.24, 2.45) is 0 Å². The van der Waals surface area contributed by atoms with E-state index in [4.69, 9.17) is 0 Å². The van der Waals surface area contributed by atoms with Crippen molar-refractivity contribution in [3.05, 3.63) is 59.7 Å². The smallest absolute Gasteiger partial charge is 0.0175 e. The van der Waals surface area contributed by atoms with E-state index in [1.807, 2.05) is 13.8 Å². The molecule has 3 aromatic rings. The zero-order valence-electron chi connectivity index (χ0n) is 11.6. The summed E-state index contributed by atoms with van der Waals surface area (Å²) >= 11 is 0. The summed E-state index contributed by atoms with van der Waals surface area (Å²) in [6.07, 6.45) is 0. The van der Waals surface area contributed by atoms with Crippen molar-refractivity contribution < 1.29 is 0 Å². The Morgan fingerprint density at radius 1 is 0.500 bits per heavy atom. The van der Waals surface area contributed by atoms with Crippen LogP contribution in [0, 0.1) is 13.8 Å². The van der Waals surface area contributed by atoms with E-state index >= 15 is 0 Å². The molecule has 0 saturated carbocycles. The molecule has 0 aliphatic rings. The highest BCUT2D eigenvalue weighted by Crippen LogP contribution is 2.24. The molecule has 0 saturated heterocycles. The van der Waals surface area contributed by atoms with Crippen LogP contribution in [0.3, 0.4) is 0 Å². The van der Waals surface area contributed by atoms with Crippen LogP contribution >= 0.6 is 0 Å². The predicted octanol–water partition coefficient (Wildman–Crippen LogP) is 5.64. The average molecular weight is 236 g/mol. The summed E-state index contributed by atoms with van der Waals surface area (Å²) in [6.45, 7) is 8.28. The van der Waals surface area contributed by atoms with Crippen LogP contribution < -0.4 is 0 Å². The average Bonchev–Trinajstić information content (AvgIpc) is 2.38. The van der Waals surface area contributed by atoms with Gasteiger partial charge in [0.2, 0.25) is 0 Å². The molecular weight excluding hydrogens is 216 g/mol. The monoisotopic (exact) mass is 236 g/mol. The second kappa shape index (κ2) is 5.22. The minimum atomic E-state index is 1.32. The zero-order chi connectivity index (χ0) is 13.1. The highest BCUT2D eigenvalue weighted by molar-refractivity contribution is 5.98. The lowest BCUT2D eigenvalue weighted by atomic mass is 10.0. The molecule has 0 atom stereocenters. The molecule has 0 unspecified atom stereocenters. The quantitative estimate of drug-likeness (QED) is 0.443. The molecule has 0 amide bonds. The first-order valence-corrected chi connectivity index (χ1v) is 6.63. The Morgan fingerprint density at radius 3 is 1.33 bits per heavy atom. The Morgan fingerprint density at radius 2 is 0.889 bits per heavy atom. The molecule has 0 nitrogen and oxygen atoms in total. The van der Waals surface area contributed by atoms with Gasteiger partial charge in [0.05, 0.1) is 0 Å². The van der Waals surface area contributed by atoms with E-state index in [0.29, 0.717) is 0 Å². The van der Waals surface area contributed by atoms with E-state index in [9.17, 15) is 0 Å². The number of hydrogen-bond acceptors (Lipinski definition) is 0. The van der Waals surface area contributed by atoms with Gasteiger partial charge in [0.25, 0.3) is 0 Å². The van der Waals surface area contributed by atoms with Crippen molar-refractivity contribution in [3.8, 4) is 0 Å². The number of hydrogen-bond donors (Lipinski definition) is 0. The summed E-state index contributed by atoms with van der Waals surface area (Å²) in [7, 11) is 0. The minimum Gasteiger partial charge on any atom is -0.0683 e. The maximum Gasteiger partial charge on any atom is -0.0175 e. The molecule has 0 fully saturated rings. The van der Waals surface area contributed by atoms with Gasteiger partial charge in [-0.05, 0) is 47.5 Å². The lowest BCUT2D eigenvalue weighted by Gasteiger charge is -2.04. The normalized spacial score (nSPS) is 10.2. The molecule has 0 heteroatoms. The van der Waals surface area contributed by atoms with Gasteiger partial charge in [0.15, 0.2) is 0 Å². The summed E-state index contributed by atoms with van der Waals surface area (Å²) in [5, 5.41) is 5.31. The Hall–Kier alpha value is -1.82. The number of benzene rings is 3. The SMILES string of the molecule is CC.Cc1ccc2cc3ccc(C)cc3cc2c1. The highest BCUT2D eigenvalue weighted by Gasteiger charge is 1.98. The van der Waals surface area contributed by atoms with E-state index in [1.54, 1.807) is 0 Å². The van der Waals surface area contributed by atoms with E-state index in [-0.39, 0.29) is 0 Å². The van der Waals surface area contributed by atoms with Crippen molar-refractivity contribution in [3.63, 3.8) is 0 Å². The van der Waals surface area contributed by atoms with Crippen molar-refractivity contribution in [2.45, 2.75) is 27.7 Å². The second-order valence-electron chi connectivity index (χ2n) is 4.55. The van der Waals surface area contributed by atoms with Crippen LogP contribution in [0.1, 0.15) is 25.0 Å². The summed E-state index contributed by atoms with van der Waals surface area (Å²) in [6, 6.07) is 17.8. The molecule has 0 spiro atoms. The summed E-state index contributed by atoms with van der Waals surface area (Å²) < 4.78 is 0. The van der Waals surface area contributed by atoms with Crippen LogP contribution in [0.25, 0.3) is 21.5 Å². The van der Waals surface area contributed by atoms with Crippen molar-refractivity contribution in [1.29, 1.82) is 0 Å². The Labute approximate surface area is 109 Å². The minimum absolute atomic E-state index is 1.32. The molecule has 0 N–H and O–H groups in total. The second-order valence-corrected chi connectivity index (χ2v) is 4.55. The van der Waals surface area contributed by atoms with Crippen LogP contribution in [-0.2, 0) is 0 Å². The molecule has 0 radical (unpaired) electrons. The van der Waals surface area contributed by atoms with Crippen molar-refractivity contribution >= 4 is 21.5 Å². The first kappa shape index (κ1) is 12.6. The van der Waals surface area contributed by atoms with Crippen LogP contribution in [0.4, 0.5) is 0 Å². The molecular formula is C18H20. The predicted molar refractivity (Wildman–Crippen MR) is 82.3 cm³/mol.